The number of halogens is 3. The Morgan fingerprint density at radius 3 is 2.33 bits per heavy atom. The van der Waals surface area contributed by atoms with Gasteiger partial charge in [-0.05, 0) is 79.3 Å². The molecule has 2 fully saturated rings. The Bertz CT molecular complexity index is 1600. The van der Waals surface area contributed by atoms with E-state index < -0.39 is 11.7 Å². The van der Waals surface area contributed by atoms with Crippen LogP contribution in [0.5, 0.6) is 0 Å². The molecular weight excluding hydrogens is 543 g/mol. The average Bonchev–Trinajstić information content (AvgIpc) is 3.32. The van der Waals surface area contributed by atoms with E-state index >= 15 is 0 Å². The molecule has 0 bridgehead atoms. The number of benzene rings is 3. The summed E-state index contributed by atoms with van der Waals surface area (Å²) in [6.45, 7) is 2.80. The van der Waals surface area contributed by atoms with Crippen molar-refractivity contribution in [2.45, 2.75) is 64.4 Å². The monoisotopic (exact) mass is 575 g/mol. The normalized spacial score (nSPS) is 21.5. The zero-order valence-electron chi connectivity index (χ0n) is 23.3. The van der Waals surface area contributed by atoms with Crippen molar-refractivity contribution in [1.29, 1.82) is 0 Å². The minimum atomic E-state index is -4.39. The molecule has 1 N–H and O–H groups in total. The maximum absolute atomic E-state index is 13.5. The van der Waals surface area contributed by atoms with Crippen molar-refractivity contribution >= 4 is 22.8 Å². The number of ether oxygens (including phenoxy) is 1. The summed E-state index contributed by atoms with van der Waals surface area (Å²) in [5, 5.41) is 8.47. The summed E-state index contributed by atoms with van der Waals surface area (Å²) >= 11 is 0. The number of carbonyl (C=O) groups excluding carboxylic acids is 2. The van der Waals surface area contributed by atoms with E-state index in [1.807, 2.05) is 55.5 Å². The SMILES string of the molecule is CCn1nc(C(=O)NC2CC3(C2)CC(C(=O)OCc2ccccc2)C3)c2c(Cc3ccc(C(F)(F)F)cc3)cccc21. The van der Waals surface area contributed by atoms with Gasteiger partial charge in [-0.3, -0.25) is 14.3 Å². The number of hydrogen-bond acceptors (Lipinski definition) is 4. The second kappa shape index (κ2) is 10.9. The predicted molar refractivity (Wildman–Crippen MR) is 152 cm³/mol. The van der Waals surface area contributed by atoms with Crippen LogP contribution in [0.2, 0.25) is 0 Å². The molecule has 1 heterocycles. The molecule has 2 saturated carbocycles. The van der Waals surface area contributed by atoms with Gasteiger partial charge in [0.05, 0.1) is 17.0 Å². The van der Waals surface area contributed by atoms with Crippen LogP contribution in [0.25, 0.3) is 10.9 Å². The predicted octanol–water partition coefficient (Wildman–Crippen LogP) is 6.70. The number of aryl methyl sites for hydroxylation is 1. The third kappa shape index (κ3) is 5.52. The fraction of sp³-hybridized carbons (Fsp3) is 0.364. The van der Waals surface area contributed by atoms with Crippen LogP contribution in [-0.4, -0.2) is 27.7 Å². The molecule has 0 aliphatic heterocycles. The largest absolute Gasteiger partial charge is 0.461 e. The van der Waals surface area contributed by atoms with Crippen molar-refractivity contribution in [2.75, 3.05) is 0 Å². The van der Waals surface area contributed by atoms with Crippen LogP contribution in [0.4, 0.5) is 13.2 Å². The lowest BCUT2D eigenvalue weighted by Gasteiger charge is -2.56. The summed E-state index contributed by atoms with van der Waals surface area (Å²) in [6.07, 6.45) is -0.842. The van der Waals surface area contributed by atoms with E-state index in [0.29, 0.717) is 24.2 Å². The Kier molecular flexibility index (Phi) is 7.29. The van der Waals surface area contributed by atoms with Crippen molar-refractivity contribution in [3.63, 3.8) is 0 Å². The standard InChI is InChI=1S/C33H32F3N3O3/c1-2-39-27-10-6-9-23(15-21-11-13-25(14-12-21)33(34,35)36)28(27)29(38-39)30(40)37-26-18-32(19-26)16-24(17-32)31(41)42-20-22-7-4-3-5-8-22/h3-14,24,26H,2,15-20H2,1H3,(H,37,40). The molecule has 2 aliphatic carbocycles. The molecule has 0 saturated heterocycles. The Morgan fingerprint density at radius 1 is 0.952 bits per heavy atom. The van der Waals surface area contributed by atoms with E-state index in [1.165, 1.54) is 12.1 Å². The van der Waals surface area contributed by atoms with Gasteiger partial charge >= 0.3 is 12.1 Å². The molecule has 1 amide bonds. The highest BCUT2D eigenvalue weighted by atomic mass is 19.4. The van der Waals surface area contributed by atoms with Gasteiger partial charge in [-0.25, -0.2) is 0 Å². The van der Waals surface area contributed by atoms with Crippen molar-refractivity contribution in [3.05, 3.63) is 101 Å². The molecule has 1 spiro atoms. The van der Waals surface area contributed by atoms with Crippen molar-refractivity contribution < 1.29 is 27.5 Å². The number of fused-ring (bicyclic) bond motifs is 1. The fourth-order valence-electron chi connectivity index (χ4n) is 6.55. The topological polar surface area (TPSA) is 73.2 Å². The van der Waals surface area contributed by atoms with Crippen LogP contribution >= 0.6 is 0 Å². The molecule has 0 unspecified atom stereocenters. The van der Waals surface area contributed by atoms with Crippen molar-refractivity contribution in [2.24, 2.45) is 11.3 Å². The molecule has 6 nitrogen and oxygen atoms in total. The van der Waals surface area contributed by atoms with Gasteiger partial charge in [0, 0.05) is 18.0 Å². The van der Waals surface area contributed by atoms with Crippen LogP contribution in [0.1, 0.15) is 65.3 Å². The average molecular weight is 576 g/mol. The molecular formula is C33H32F3N3O3. The first-order valence-corrected chi connectivity index (χ1v) is 14.3. The highest BCUT2D eigenvalue weighted by Gasteiger charge is 2.55. The molecule has 3 aromatic carbocycles. The fourth-order valence-corrected chi connectivity index (χ4v) is 6.55. The summed E-state index contributed by atoms with van der Waals surface area (Å²) in [5.74, 6) is -0.513. The number of carbonyl (C=O) groups is 2. The molecule has 1 aromatic heterocycles. The molecule has 2 aliphatic rings. The zero-order chi connectivity index (χ0) is 29.5. The second-order valence-corrected chi connectivity index (χ2v) is 11.6. The van der Waals surface area contributed by atoms with Gasteiger partial charge in [0.2, 0.25) is 0 Å². The number of hydrogen-bond donors (Lipinski definition) is 1. The molecule has 0 atom stereocenters. The number of alkyl halides is 3. The number of amides is 1. The molecule has 218 valence electrons. The van der Waals surface area contributed by atoms with E-state index in [9.17, 15) is 22.8 Å². The first kappa shape index (κ1) is 28.0. The minimum absolute atomic E-state index is 0.00249. The number of nitrogens with one attached hydrogen (secondary N) is 1. The van der Waals surface area contributed by atoms with E-state index in [-0.39, 0.29) is 35.9 Å². The summed E-state index contributed by atoms with van der Waals surface area (Å²) in [5.41, 5.74) is 3.04. The maximum Gasteiger partial charge on any atom is 0.416 e. The van der Waals surface area contributed by atoms with Crippen LogP contribution in [-0.2, 0) is 35.3 Å². The van der Waals surface area contributed by atoms with E-state index in [0.717, 1.165) is 59.8 Å². The zero-order valence-corrected chi connectivity index (χ0v) is 23.3. The van der Waals surface area contributed by atoms with E-state index in [4.69, 9.17) is 4.74 Å². The lowest BCUT2D eigenvalue weighted by Crippen LogP contribution is -2.57. The van der Waals surface area contributed by atoms with Crippen LogP contribution < -0.4 is 5.32 Å². The second-order valence-electron chi connectivity index (χ2n) is 11.6. The van der Waals surface area contributed by atoms with Gasteiger partial charge in [0.25, 0.3) is 5.91 Å². The van der Waals surface area contributed by atoms with Gasteiger partial charge in [-0.2, -0.15) is 18.3 Å². The smallest absolute Gasteiger partial charge is 0.416 e. The van der Waals surface area contributed by atoms with E-state index in [1.54, 1.807) is 4.68 Å². The van der Waals surface area contributed by atoms with Crippen molar-refractivity contribution in [1.82, 2.24) is 15.1 Å². The summed E-state index contributed by atoms with van der Waals surface area (Å²) in [6, 6.07) is 20.4. The first-order valence-electron chi connectivity index (χ1n) is 14.3. The molecule has 0 radical (unpaired) electrons. The highest BCUT2D eigenvalue weighted by Crippen LogP contribution is 2.59. The molecule has 9 heteroatoms. The maximum atomic E-state index is 13.5. The Morgan fingerprint density at radius 2 is 1.67 bits per heavy atom. The van der Waals surface area contributed by atoms with Crippen LogP contribution in [0.3, 0.4) is 0 Å². The molecule has 6 rings (SSSR count). The highest BCUT2D eigenvalue weighted by molar-refractivity contribution is 6.06. The summed E-state index contributed by atoms with van der Waals surface area (Å²) < 4.78 is 46.3. The summed E-state index contributed by atoms with van der Waals surface area (Å²) in [7, 11) is 0. The molecule has 4 aromatic rings. The lowest BCUT2D eigenvalue weighted by atomic mass is 9.50. The quantitative estimate of drug-likeness (QED) is 0.238. The summed E-state index contributed by atoms with van der Waals surface area (Å²) in [4.78, 5) is 26.0. The van der Waals surface area contributed by atoms with Gasteiger partial charge in [-0.15, -0.1) is 0 Å². The van der Waals surface area contributed by atoms with Crippen molar-refractivity contribution in [3.8, 4) is 0 Å². The first-order chi connectivity index (χ1) is 20.1. The van der Waals surface area contributed by atoms with Crippen LogP contribution in [0, 0.1) is 11.3 Å². The van der Waals surface area contributed by atoms with Gasteiger partial charge in [0.15, 0.2) is 5.69 Å². The van der Waals surface area contributed by atoms with Gasteiger partial charge < -0.3 is 10.1 Å². The minimum Gasteiger partial charge on any atom is -0.461 e. The third-order valence-corrected chi connectivity index (χ3v) is 8.66. The Labute approximate surface area is 241 Å². The lowest BCUT2D eigenvalue weighted by molar-refractivity contribution is -0.163. The number of aromatic nitrogens is 2. The van der Waals surface area contributed by atoms with Gasteiger partial charge in [-0.1, -0.05) is 54.6 Å². The third-order valence-electron chi connectivity index (χ3n) is 8.66. The molecule has 42 heavy (non-hydrogen) atoms. The number of nitrogens with zero attached hydrogens (tertiary/aromatic N) is 2. The number of rotatable bonds is 8. The number of esters is 1. The Balaban J connectivity index is 1.09. The van der Waals surface area contributed by atoms with Gasteiger partial charge in [0.1, 0.15) is 6.61 Å². The van der Waals surface area contributed by atoms with E-state index in [2.05, 4.69) is 10.4 Å². The van der Waals surface area contributed by atoms with Crippen LogP contribution in [0.15, 0.2) is 72.8 Å². The Hall–Kier alpha value is -4.14.